The molecule has 104 valence electrons. The fourth-order valence-electron chi connectivity index (χ4n) is 2.12. The Bertz CT molecular complexity index is 450. The van der Waals surface area contributed by atoms with Gasteiger partial charge in [-0.2, -0.15) is 11.8 Å². The molecule has 1 N–H and O–H groups in total. The molecule has 1 aliphatic heterocycles. The van der Waals surface area contributed by atoms with Crippen LogP contribution in [0.15, 0.2) is 18.3 Å². The SMILES string of the molecule is CSC1(CNc2ncccc2[N+](=O)[O-])CCOCC1. The Labute approximate surface area is 116 Å². The minimum Gasteiger partial charge on any atom is -0.381 e. The van der Waals surface area contributed by atoms with E-state index in [1.54, 1.807) is 24.0 Å². The summed E-state index contributed by atoms with van der Waals surface area (Å²) in [5.41, 5.74) is 0.0193. The van der Waals surface area contributed by atoms with Crippen LogP contribution in [0.1, 0.15) is 12.8 Å². The van der Waals surface area contributed by atoms with Gasteiger partial charge in [0.1, 0.15) is 0 Å². The molecule has 0 atom stereocenters. The third kappa shape index (κ3) is 3.36. The van der Waals surface area contributed by atoms with Crippen molar-refractivity contribution in [3.63, 3.8) is 0 Å². The quantitative estimate of drug-likeness (QED) is 0.660. The average Bonchev–Trinajstić information content (AvgIpc) is 2.46. The van der Waals surface area contributed by atoms with E-state index in [2.05, 4.69) is 16.6 Å². The van der Waals surface area contributed by atoms with Crippen molar-refractivity contribution in [1.29, 1.82) is 0 Å². The topological polar surface area (TPSA) is 77.3 Å². The van der Waals surface area contributed by atoms with Crippen molar-refractivity contribution < 1.29 is 9.66 Å². The number of hydrogen-bond donors (Lipinski definition) is 1. The second-order valence-electron chi connectivity index (χ2n) is 4.48. The predicted octanol–water partition coefficient (Wildman–Crippen LogP) is 2.31. The van der Waals surface area contributed by atoms with Crippen LogP contribution in [0.3, 0.4) is 0 Å². The third-order valence-electron chi connectivity index (χ3n) is 3.40. The minimum absolute atomic E-state index is 0.0193. The number of nitro groups is 1. The van der Waals surface area contributed by atoms with Gasteiger partial charge < -0.3 is 10.1 Å². The highest BCUT2D eigenvalue weighted by atomic mass is 32.2. The second-order valence-corrected chi connectivity index (χ2v) is 5.76. The summed E-state index contributed by atoms with van der Waals surface area (Å²) in [6.07, 6.45) is 5.52. The second kappa shape index (κ2) is 6.21. The number of nitrogens with zero attached hydrogens (tertiary/aromatic N) is 2. The van der Waals surface area contributed by atoms with Gasteiger partial charge in [0.25, 0.3) is 0 Å². The molecule has 0 amide bonds. The van der Waals surface area contributed by atoms with Crippen molar-refractivity contribution in [1.82, 2.24) is 4.98 Å². The van der Waals surface area contributed by atoms with Crippen molar-refractivity contribution in [3.05, 3.63) is 28.4 Å². The molecule has 0 aromatic carbocycles. The first-order valence-corrected chi connectivity index (χ1v) is 7.35. The van der Waals surface area contributed by atoms with E-state index >= 15 is 0 Å². The number of rotatable bonds is 5. The molecule has 1 aromatic heterocycles. The number of ether oxygens (including phenoxy) is 1. The highest BCUT2D eigenvalue weighted by molar-refractivity contribution is 8.00. The van der Waals surface area contributed by atoms with Crippen LogP contribution in [0.2, 0.25) is 0 Å². The molecule has 1 aromatic rings. The average molecular weight is 283 g/mol. The van der Waals surface area contributed by atoms with Crippen LogP contribution in [0.5, 0.6) is 0 Å². The Morgan fingerprint density at radius 3 is 2.95 bits per heavy atom. The van der Waals surface area contributed by atoms with Crippen molar-refractivity contribution in [2.75, 3.05) is 31.3 Å². The Balaban J connectivity index is 2.07. The van der Waals surface area contributed by atoms with Gasteiger partial charge in [-0.3, -0.25) is 10.1 Å². The van der Waals surface area contributed by atoms with Crippen molar-refractivity contribution in [2.45, 2.75) is 17.6 Å². The number of anilines is 1. The molecular formula is C12H17N3O3S. The highest BCUT2D eigenvalue weighted by Gasteiger charge is 2.32. The van der Waals surface area contributed by atoms with Gasteiger partial charge in [-0.25, -0.2) is 4.98 Å². The van der Waals surface area contributed by atoms with Gasteiger partial charge in [0, 0.05) is 36.8 Å². The van der Waals surface area contributed by atoms with Gasteiger partial charge in [-0.05, 0) is 25.2 Å². The molecule has 6 nitrogen and oxygen atoms in total. The summed E-state index contributed by atoms with van der Waals surface area (Å²) in [4.78, 5) is 14.6. The molecule has 1 aliphatic rings. The van der Waals surface area contributed by atoms with Crippen molar-refractivity contribution >= 4 is 23.3 Å². The van der Waals surface area contributed by atoms with Crippen LogP contribution >= 0.6 is 11.8 Å². The zero-order chi connectivity index (χ0) is 13.7. The van der Waals surface area contributed by atoms with Crippen LogP contribution in [-0.4, -0.2) is 40.7 Å². The number of nitrogens with one attached hydrogen (secondary N) is 1. The molecule has 2 heterocycles. The lowest BCUT2D eigenvalue weighted by molar-refractivity contribution is -0.384. The van der Waals surface area contributed by atoms with Gasteiger partial charge in [-0.1, -0.05) is 0 Å². The van der Waals surface area contributed by atoms with Gasteiger partial charge in [0.15, 0.2) is 0 Å². The maximum absolute atomic E-state index is 10.9. The van der Waals surface area contributed by atoms with E-state index in [4.69, 9.17) is 4.74 Å². The normalized spacial score (nSPS) is 17.9. The summed E-state index contributed by atoms with van der Waals surface area (Å²) in [6.45, 7) is 2.15. The van der Waals surface area contributed by atoms with E-state index < -0.39 is 4.92 Å². The van der Waals surface area contributed by atoms with Crippen LogP contribution in [0.25, 0.3) is 0 Å². The third-order valence-corrected chi connectivity index (χ3v) is 4.82. The molecule has 0 bridgehead atoms. The summed E-state index contributed by atoms with van der Waals surface area (Å²) in [7, 11) is 0. The molecule has 0 aliphatic carbocycles. The molecule has 0 unspecified atom stereocenters. The van der Waals surface area contributed by atoms with E-state index in [9.17, 15) is 10.1 Å². The smallest absolute Gasteiger partial charge is 0.311 e. The first kappa shape index (κ1) is 14.1. The first-order valence-electron chi connectivity index (χ1n) is 6.13. The van der Waals surface area contributed by atoms with Crippen LogP contribution in [0, 0.1) is 10.1 Å². The Morgan fingerprint density at radius 2 is 2.32 bits per heavy atom. The van der Waals surface area contributed by atoms with Crippen LogP contribution in [-0.2, 0) is 4.74 Å². The molecule has 0 radical (unpaired) electrons. The molecule has 0 spiro atoms. The number of thioether (sulfide) groups is 1. The first-order chi connectivity index (χ1) is 9.17. The number of pyridine rings is 1. The number of hydrogen-bond acceptors (Lipinski definition) is 6. The largest absolute Gasteiger partial charge is 0.381 e. The summed E-state index contributed by atoms with van der Waals surface area (Å²) < 4.78 is 5.45. The Kier molecular flexibility index (Phi) is 4.60. The van der Waals surface area contributed by atoms with Gasteiger partial charge in [0.05, 0.1) is 4.92 Å². The molecule has 19 heavy (non-hydrogen) atoms. The minimum atomic E-state index is -0.412. The number of aromatic nitrogens is 1. The van der Waals surface area contributed by atoms with E-state index in [0.29, 0.717) is 12.4 Å². The zero-order valence-corrected chi connectivity index (χ0v) is 11.6. The molecule has 7 heteroatoms. The molecule has 1 fully saturated rings. The zero-order valence-electron chi connectivity index (χ0n) is 10.8. The Morgan fingerprint density at radius 1 is 1.58 bits per heavy atom. The van der Waals surface area contributed by atoms with Gasteiger partial charge in [-0.15, -0.1) is 0 Å². The molecule has 1 saturated heterocycles. The summed E-state index contributed by atoms with van der Waals surface area (Å²) in [5, 5.41) is 14.0. The van der Waals surface area contributed by atoms with Gasteiger partial charge in [0.2, 0.25) is 5.82 Å². The predicted molar refractivity (Wildman–Crippen MR) is 75.7 cm³/mol. The fourth-order valence-corrected chi connectivity index (χ4v) is 2.91. The molecular weight excluding hydrogens is 266 g/mol. The summed E-state index contributed by atoms with van der Waals surface area (Å²) in [5.74, 6) is 0.340. The Hall–Kier alpha value is -1.34. The van der Waals surface area contributed by atoms with Gasteiger partial charge >= 0.3 is 5.69 Å². The summed E-state index contributed by atoms with van der Waals surface area (Å²) in [6, 6.07) is 3.03. The maximum atomic E-state index is 10.9. The standard InChI is InChI=1S/C12H17N3O3S/c1-19-12(4-7-18-8-5-12)9-14-11-10(15(16)17)3-2-6-13-11/h2-3,6H,4-5,7-9H2,1H3,(H,13,14). The lowest BCUT2D eigenvalue weighted by Gasteiger charge is -2.35. The van der Waals surface area contributed by atoms with Crippen LogP contribution < -0.4 is 5.32 Å². The van der Waals surface area contributed by atoms with E-state index in [1.807, 2.05) is 0 Å². The molecule has 2 rings (SSSR count). The van der Waals surface area contributed by atoms with E-state index in [1.165, 1.54) is 6.07 Å². The van der Waals surface area contributed by atoms with Crippen molar-refractivity contribution in [3.8, 4) is 0 Å². The lowest BCUT2D eigenvalue weighted by Crippen LogP contribution is -2.39. The molecule has 0 saturated carbocycles. The maximum Gasteiger partial charge on any atom is 0.311 e. The highest BCUT2D eigenvalue weighted by Crippen LogP contribution is 2.34. The fraction of sp³-hybridized carbons (Fsp3) is 0.583. The monoisotopic (exact) mass is 283 g/mol. The lowest BCUT2D eigenvalue weighted by atomic mass is 9.99. The van der Waals surface area contributed by atoms with E-state index in [0.717, 1.165) is 26.1 Å². The van der Waals surface area contributed by atoms with Crippen molar-refractivity contribution in [2.24, 2.45) is 0 Å². The summed E-state index contributed by atoms with van der Waals surface area (Å²) >= 11 is 1.79. The van der Waals surface area contributed by atoms with Crippen LogP contribution in [0.4, 0.5) is 11.5 Å². The van der Waals surface area contributed by atoms with E-state index in [-0.39, 0.29) is 10.4 Å².